The Morgan fingerprint density at radius 1 is 0.968 bits per heavy atom. The van der Waals surface area contributed by atoms with Gasteiger partial charge in [-0.2, -0.15) is 0 Å². The number of hydrogen-bond donors (Lipinski definition) is 1. The Hall–Kier alpha value is -3.58. The molecule has 2 aromatic rings. The lowest BCUT2D eigenvalue weighted by Gasteiger charge is -2.34. The third kappa shape index (κ3) is 6.72. The molecule has 1 N–H and O–H groups in total. The Morgan fingerprint density at radius 3 is 2.26 bits per heavy atom. The van der Waals surface area contributed by atoms with Gasteiger partial charge in [0.1, 0.15) is 0 Å². The van der Waals surface area contributed by atoms with Gasteiger partial charge in [-0.1, -0.05) is 30.3 Å². The highest BCUT2D eigenvalue weighted by atomic mass is 16.4. The van der Waals surface area contributed by atoms with Crippen molar-refractivity contribution in [1.29, 1.82) is 0 Å². The molecule has 0 radical (unpaired) electrons. The zero-order chi connectivity index (χ0) is 22.2. The smallest absolute Gasteiger partial charge is 0.328 e. The van der Waals surface area contributed by atoms with Gasteiger partial charge in [-0.05, 0) is 35.4 Å². The van der Waals surface area contributed by atoms with Crippen molar-refractivity contribution < 1.29 is 19.5 Å². The Kier molecular flexibility index (Phi) is 7.45. The summed E-state index contributed by atoms with van der Waals surface area (Å²) in [4.78, 5) is 42.7. The van der Waals surface area contributed by atoms with Crippen LogP contribution >= 0.6 is 0 Å². The van der Waals surface area contributed by atoms with E-state index in [2.05, 4.69) is 9.88 Å². The van der Waals surface area contributed by atoms with Crippen LogP contribution in [0.5, 0.6) is 0 Å². The van der Waals surface area contributed by atoms with Crippen LogP contribution in [-0.2, 0) is 16.1 Å². The number of hydrogen-bond acceptors (Lipinski definition) is 5. The van der Waals surface area contributed by atoms with E-state index in [9.17, 15) is 14.4 Å². The summed E-state index contributed by atoms with van der Waals surface area (Å²) in [5.74, 6) is -1.01. The number of pyridine rings is 1. The number of piperazine rings is 1. The number of rotatable bonds is 7. The number of nitrogens with zero attached hydrogens (tertiary/aromatic N) is 3. The molecule has 0 spiro atoms. The fourth-order valence-electron chi connectivity index (χ4n) is 3.29. The van der Waals surface area contributed by atoms with Crippen molar-refractivity contribution in [2.24, 2.45) is 0 Å². The molecule has 3 rings (SSSR count). The Labute approximate surface area is 181 Å². The van der Waals surface area contributed by atoms with Crippen molar-refractivity contribution in [3.05, 3.63) is 77.1 Å². The highest BCUT2D eigenvalue weighted by molar-refractivity contribution is 6.06. The number of allylic oxidation sites excluding steroid dienone is 1. The SMILES string of the molecule is CC(=O)N1CCN(Cc2ccc(C(=O)C=Cc3ccc(C=CC(=O)O)nc3)cc2)CC1. The van der Waals surface area contributed by atoms with E-state index in [4.69, 9.17) is 5.11 Å². The van der Waals surface area contributed by atoms with Gasteiger partial charge in [0.2, 0.25) is 5.91 Å². The highest BCUT2D eigenvalue weighted by Crippen LogP contribution is 2.12. The maximum Gasteiger partial charge on any atom is 0.328 e. The second kappa shape index (κ2) is 10.4. The van der Waals surface area contributed by atoms with Crippen LogP contribution in [0.3, 0.4) is 0 Å². The maximum absolute atomic E-state index is 12.4. The molecule has 0 aliphatic carbocycles. The molecular weight excluding hydrogens is 394 g/mol. The molecule has 7 nitrogen and oxygen atoms in total. The first kappa shape index (κ1) is 22.1. The van der Waals surface area contributed by atoms with E-state index in [0.29, 0.717) is 11.3 Å². The van der Waals surface area contributed by atoms with E-state index in [0.717, 1.165) is 49.9 Å². The summed E-state index contributed by atoms with van der Waals surface area (Å²) in [6, 6.07) is 11.0. The predicted octanol–water partition coefficient (Wildman–Crippen LogP) is 2.74. The van der Waals surface area contributed by atoms with E-state index < -0.39 is 5.97 Å². The lowest BCUT2D eigenvalue weighted by Crippen LogP contribution is -2.47. The second-order valence-corrected chi connectivity index (χ2v) is 7.36. The van der Waals surface area contributed by atoms with Crippen molar-refractivity contribution in [2.75, 3.05) is 26.2 Å². The Bertz CT molecular complexity index is 986. The minimum absolute atomic E-state index is 0.100. The van der Waals surface area contributed by atoms with Gasteiger partial charge in [0.05, 0.1) is 5.69 Å². The topological polar surface area (TPSA) is 90.8 Å². The van der Waals surface area contributed by atoms with Gasteiger partial charge >= 0.3 is 5.97 Å². The molecule has 1 fully saturated rings. The molecular formula is C24H25N3O4. The number of benzene rings is 1. The lowest BCUT2D eigenvalue weighted by molar-refractivity contribution is -0.131. The van der Waals surface area contributed by atoms with Crippen molar-refractivity contribution in [1.82, 2.24) is 14.8 Å². The van der Waals surface area contributed by atoms with Gasteiger partial charge < -0.3 is 10.0 Å². The van der Waals surface area contributed by atoms with Crippen LogP contribution in [0, 0.1) is 0 Å². The molecule has 0 unspecified atom stereocenters. The van der Waals surface area contributed by atoms with Crippen LogP contribution in [0.4, 0.5) is 0 Å². The van der Waals surface area contributed by atoms with Crippen LogP contribution in [0.2, 0.25) is 0 Å². The largest absolute Gasteiger partial charge is 0.478 e. The average molecular weight is 419 g/mol. The number of aliphatic carboxylic acids is 1. The molecule has 1 aliphatic rings. The predicted molar refractivity (Wildman–Crippen MR) is 118 cm³/mol. The molecule has 0 saturated carbocycles. The molecule has 1 aromatic heterocycles. The van der Waals surface area contributed by atoms with Gasteiger partial charge in [0.15, 0.2) is 5.78 Å². The third-order valence-corrected chi connectivity index (χ3v) is 5.10. The monoisotopic (exact) mass is 419 g/mol. The normalized spacial score (nSPS) is 14.9. The third-order valence-electron chi connectivity index (χ3n) is 5.10. The van der Waals surface area contributed by atoms with Crippen LogP contribution < -0.4 is 0 Å². The molecule has 1 aliphatic heterocycles. The zero-order valence-corrected chi connectivity index (χ0v) is 17.4. The van der Waals surface area contributed by atoms with E-state index in [1.54, 1.807) is 31.3 Å². The number of ketones is 1. The van der Waals surface area contributed by atoms with Gasteiger partial charge in [-0.15, -0.1) is 0 Å². The van der Waals surface area contributed by atoms with Crippen LogP contribution in [0.25, 0.3) is 12.2 Å². The van der Waals surface area contributed by atoms with Crippen molar-refractivity contribution >= 4 is 29.8 Å². The number of carbonyl (C=O) groups is 3. The van der Waals surface area contributed by atoms with Crippen LogP contribution in [0.15, 0.2) is 54.7 Å². The first-order valence-electron chi connectivity index (χ1n) is 10.1. The van der Waals surface area contributed by atoms with E-state index in [1.807, 2.05) is 29.2 Å². The second-order valence-electron chi connectivity index (χ2n) is 7.36. The summed E-state index contributed by atoms with van der Waals surface area (Å²) in [6.45, 7) is 5.60. The Balaban J connectivity index is 1.53. The highest BCUT2D eigenvalue weighted by Gasteiger charge is 2.18. The molecule has 1 aromatic carbocycles. The van der Waals surface area contributed by atoms with Crippen molar-refractivity contribution in [3.63, 3.8) is 0 Å². The molecule has 0 bridgehead atoms. The molecule has 7 heteroatoms. The fraction of sp³-hybridized carbons (Fsp3) is 0.250. The standard InChI is InChI=1S/C24H25N3O4/c1-18(28)27-14-12-26(13-15-27)17-20-2-6-21(7-3-20)23(29)10-5-19-4-8-22(25-16-19)9-11-24(30)31/h2-11,16H,12-15,17H2,1H3,(H,30,31). The summed E-state index contributed by atoms with van der Waals surface area (Å²) in [5.41, 5.74) is 3.02. The lowest BCUT2D eigenvalue weighted by atomic mass is 10.1. The molecule has 1 amide bonds. The van der Waals surface area contributed by atoms with E-state index in [-0.39, 0.29) is 11.7 Å². The van der Waals surface area contributed by atoms with Crippen LogP contribution in [-0.4, -0.2) is 63.7 Å². The summed E-state index contributed by atoms with van der Waals surface area (Å²) in [7, 11) is 0. The molecule has 0 atom stereocenters. The van der Waals surface area contributed by atoms with Gasteiger partial charge in [0.25, 0.3) is 0 Å². The molecule has 1 saturated heterocycles. The molecule has 2 heterocycles. The summed E-state index contributed by atoms with van der Waals surface area (Å²) < 4.78 is 0. The summed E-state index contributed by atoms with van der Waals surface area (Å²) in [6.07, 6.45) is 7.20. The van der Waals surface area contributed by atoms with E-state index in [1.165, 1.54) is 12.2 Å². The first-order chi connectivity index (χ1) is 14.9. The quantitative estimate of drug-likeness (QED) is 0.548. The van der Waals surface area contributed by atoms with Crippen molar-refractivity contribution in [3.8, 4) is 0 Å². The molecule has 160 valence electrons. The number of amides is 1. The minimum Gasteiger partial charge on any atom is -0.478 e. The minimum atomic E-state index is -1.03. The Morgan fingerprint density at radius 2 is 1.68 bits per heavy atom. The first-order valence-corrected chi connectivity index (χ1v) is 10.1. The number of carboxylic acids is 1. The fourth-order valence-corrected chi connectivity index (χ4v) is 3.29. The van der Waals surface area contributed by atoms with Gasteiger partial charge in [0, 0.05) is 57.5 Å². The number of carbonyl (C=O) groups excluding carboxylic acids is 2. The van der Waals surface area contributed by atoms with Crippen molar-refractivity contribution in [2.45, 2.75) is 13.5 Å². The number of aromatic nitrogens is 1. The summed E-state index contributed by atoms with van der Waals surface area (Å²) in [5, 5.41) is 8.63. The number of carboxylic acid groups (broad SMARTS) is 1. The zero-order valence-electron chi connectivity index (χ0n) is 17.4. The molecule has 31 heavy (non-hydrogen) atoms. The average Bonchev–Trinajstić information content (AvgIpc) is 2.77. The van der Waals surface area contributed by atoms with E-state index >= 15 is 0 Å². The summed E-state index contributed by atoms with van der Waals surface area (Å²) >= 11 is 0. The van der Waals surface area contributed by atoms with Gasteiger partial charge in [-0.3, -0.25) is 19.5 Å². The van der Waals surface area contributed by atoms with Gasteiger partial charge in [-0.25, -0.2) is 4.79 Å². The maximum atomic E-state index is 12.4. The van der Waals surface area contributed by atoms with Crippen LogP contribution in [0.1, 0.15) is 34.1 Å².